The van der Waals surface area contributed by atoms with E-state index in [1.165, 1.54) is 10.6 Å². The molecule has 0 spiro atoms. The molecule has 4 amide bonds. The number of fused-ring (bicyclic) bond motifs is 2. The fourth-order valence-electron chi connectivity index (χ4n) is 6.87. The Morgan fingerprint density at radius 3 is 2.36 bits per heavy atom. The zero-order valence-corrected chi connectivity index (χ0v) is 32.2. The van der Waals surface area contributed by atoms with E-state index in [2.05, 4.69) is 33.1 Å². The standard InChI is InChI=1S/C41H50N6O7S/c1-42-28-39(49)45-36(40(50)47-25-10-16-34(47)29-46(55(2,52)53)26-22-30-11-4-3-5-12-30)20-21-38(48)43-23-24-44-41(51)54-37-27-33-15-7-6-13-31(33)18-19-32-14-8-9-17-35(32)37/h3-9,11-15,17,34,36-37,42H,10,16,20-29H2,1-2H3,(H,43,48)(H,44,51)(H,45,49)/t34-,36-,37?/m0/s1. The van der Waals surface area contributed by atoms with Gasteiger partial charge in [0.15, 0.2) is 0 Å². The Hall–Kier alpha value is -5.23. The normalized spacial score (nSPS) is 16.7. The monoisotopic (exact) mass is 770 g/mol. The third-order valence-electron chi connectivity index (χ3n) is 9.70. The number of ether oxygens (including phenoxy) is 1. The molecule has 5 rings (SSSR count). The number of carbonyl (C=O) groups is 4. The molecule has 55 heavy (non-hydrogen) atoms. The van der Waals surface area contributed by atoms with Crippen molar-refractivity contribution in [3.8, 4) is 11.8 Å². The van der Waals surface area contributed by atoms with Crippen molar-refractivity contribution in [3.63, 3.8) is 0 Å². The lowest BCUT2D eigenvalue weighted by Crippen LogP contribution is -2.54. The summed E-state index contributed by atoms with van der Waals surface area (Å²) in [5.41, 5.74) is 4.47. The highest BCUT2D eigenvalue weighted by atomic mass is 32.2. The van der Waals surface area contributed by atoms with Crippen molar-refractivity contribution >= 4 is 33.8 Å². The zero-order valence-electron chi connectivity index (χ0n) is 31.4. The molecule has 0 aromatic heterocycles. The number of rotatable bonds is 17. The number of nitrogens with zero attached hydrogens (tertiary/aromatic N) is 2. The second-order valence-corrected chi connectivity index (χ2v) is 15.7. The van der Waals surface area contributed by atoms with Crippen LogP contribution in [0.2, 0.25) is 0 Å². The van der Waals surface area contributed by atoms with Crippen LogP contribution in [0.3, 0.4) is 0 Å². The molecule has 1 aliphatic carbocycles. The molecule has 3 aromatic carbocycles. The Balaban J connectivity index is 1.12. The summed E-state index contributed by atoms with van der Waals surface area (Å²) < 4.78 is 32.8. The van der Waals surface area contributed by atoms with Gasteiger partial charge in [0, 0.05) is 68.3 Å². The van der Waals surface area contributed by atoms with E-state index < -0.39 is 34.2 Å². The van der Waals surface area contributed by atoms with Gasteiger partial charge in [-0.25, -0.2) is 13.2 Å². The van der Waals surface area contributed by atoms with Crippen molar-refractivity contribution in [1.29, 1.82) is 0 Å². The van der Waals surface area contributed by atoms with Gasteiger partial charge in [0.05, 0.1) is 12.8 Å². The summed E-state index contributed by atoms with van der Waals surface area (Å²) in [5, 5.41) is 11.0. The van der Waals surface area contributed by atoms with Crippen LogP contribution in [-0.4, -0.2) is 106 Å². The molecule has 2 aliphatic rings. The summed E-state index contributed by atoms with van der Waals surface area (Å²) in [4.78, 5) is 54.0. The lowest BCUT2D eigenvalue weighted by Gasteiger charge is -2.32. The lowest BCUT2D eigenvalue weighted by molar-refractivity contribution is -0.137. The van der Waals surface area contributed by atoms with Crippen LogP contribution in [0, 0.1) is 11.8 Å². The summed E-state index contributed by atoms with van der Waals surface area (Å²) >= 11 is 0. The Morgan fingerprint density at radius 1 is 0.909 bits per heavy atom. The van der Waals surface area contributed by atoms with Gasteiger partial charge in [0.1, 0.15) is 12.1 Å². The number of likely N-dealkylation sites (tertiary alicyclic amines) is 1. The highest BCUT2D eigenvalue weighted by molar-refractivity contribution is 7.88. The minimum atomic E-state index is -3.56. The molecule has 13 nitrogen and oxygen atoms in total. The van der Waals surface area contributed by atoms with E-state index in [1.54, 1.807) is 11.9 Å². The predicted octanol–water partition coefficient (Wildman–Crippen LogP) is 2.51. The number of hydrogen-bond donors (Lipinski definition) is 4. The van der Waals surface area contributed by atoms with Gasteiger partial charge in [-0.1, -0.05) is 78.6 Å². The van der Waals surface area contributed by atoms with Crippen molar-refractivity contribution in [1.82, 2.24) is 30.5 Å². The molecule has 4 N–H and O–H groups in total. The summed E-state index contributed by atoms with van der Waals surface area (Å²) in [5.74, 6) is 5.28. The van der Waals surface area contributed by atoms with E-state index >= 15 is 0 Å². The minimum absolute atomic E-state index is 0.0190. The first-order chi connectivity index (χ1) is 26.5. The van der Waals surface area contributed by atoms with Crippen LogP contribution in [0.1, 0.15) is 59.6 Å². The molecule has 1 aliphatic heterocycles. The van der Waals surface area contributed by atoms with E-state index in [4.69, 9.17) is 4.74 Å². The maximum atomic E-state index is 13.9. The Bertz CT molecular complexity index is 1980. The number of alkyl carbamates (subject to hydrolysis) is 1. The van der Waals surface area contributed by atoms with Crippen molar-refractivity contribution in [2.45, 2.75) is 56.7 Å². The number of benzene rings is 3. The van der Waals surface area contributed by atoms with Crippen molar-refractivity contribution in [3.05, 3.63) is 107 Å². The van der Waals surface area contributed by atoms with Gasteiger partial charge < -0.3 is 30.9 Å². The molecule has 1 fully saturated rings. The van der Waals surface area contributed by atoms with Crippen molar-refractivity contribution in [2.75, 3.05) is 52.6 Å². The minimum Gasteiger partial charge on any atom is -0.441 e. The maximum Gasteiger partial charge on any atom is 0.407 e. The first-order valence-corrected chi connectivity index (χ1v) is 20.5. The molecule has 1 unspecified atom stereocenters. The van der Waals surface area contributed by atoms with Gasteiger partial charge in [0.25, 0.3) is 0 Å². The molecular weight excluding hydrogens is 721 g/mol. The van der Waals surface area contributed by atoms with Gasteiger partial charge >= 0.3 is 6.09 Å². The molecule has 3 aromatic rings. The zero-order chi connectivity index (χ0) is 39.2. The number of amides is 4. The van der Waals surface area contributed by atoms with E-state index in [0.717, 1.165) is 27.8 Å². The highest BCUT2D eigenvalue weighted by Gasteiger charge is 2.36. The molecule has 0 radical (unpaired) electrons. The van der Waals surface area contributed by atoms with Crippen LogP contribution in [0.5, 0.6) is 0 Å². The fourth-order valence-corrected chi connectivity index (χ4v) is 7.73. The third kappa shape index (κ3) is 12.1. The second kappa shape index (κ2) is 19.9. The molecule has 14 heteroatoms. The number of likely N-dealkylation sites (N-methyl/N-ethyl adjacent to an activating group) is 1. The van der Waals surface area contributed by atoms with Crippen LogP contribution in [0.25, 0.3) is 0 Å². The highest BCUT2D eigenvalue weighted by Crippen LogP contribution is 2.28. The number of nitrogens with one attached hydrogen (secondary N) is 4. The average Bonchev–Trinajstić information content (AvgIpc) is 3.63. The molecule has 1 heterocycles. The Kier molecular flexibility index (Phi) is 14.8. The largest absolute Gasteiger partial charge is 0.441 e. The summed E-state index contributed by atoms with van der Waals surface area (Å²) in [7, 11) is -1.95. The van der Waals surface area contributed by atoms with Gasteiger partial charge in [0.2, 0.25) is 27.7 Å². The van der Waals surface area contributed by atoms with Crippen LogP contribution in [0.4, 0.5) is 4.79 Å². The van der Waals surface area contributed by atoms with E-state index in [0.29, 0.717) is 32.2 Å². The Morgan fingerprint density at radius 2 is 1.60 bits per heavy atom. The first kappa shape index (κ1) is 40.9. The third-order valence-corrected chi connectivity index (χ3v) is 11.0. The SMILES string of the molecule is CNCC(=O)N[C@@H](CCC(=O)NCCNC(=O)OC1Cc2ccccc2C#Cc2ccccc21)C(=O)N1CCC[C@H]1CN(CCc1ccccc1)S(C)(=O)=O. The summed E-state index contributed by atoms with van der Waals surface area (Å²) in [6.07, 6.45) is 2.24. The molecular formula is C41H50N6O7S. The second-order valence-electron chi connectivity index (χ2n) is 13.7. The molecule has 292 valence electrons. The molecule has 0 bridgehead atoms. The van der Waals surface area contributed by atoms with Crippen molar-refractivity contribution in [2.24, 2.45) is 0 Å². The molecule has 1 saturated heterocycles. The van der Waals surface area contributed by atoms with E-state index in [1.807, 2.05) is 78.9 Å². The Labute approximate surface area is 323 Å². The molecule has 0 saturated carbocycles. The molecule has 3 atom stereocenters. The smallest absolute Gasteiger partial charge is 0.407 e. The van der Waals surface area contributed by atoms with E-state index in [-0.39, 0.29) is 63.4 Å². The topological polar surface area (TPSA) is 166 Å². The number of carbonyl (C=O) groups excluding carboxylic acids is 4. The van der Waals surface area contributed by atoms with Crippen LogP contribution < -0.4 is 21.3 Å². The summed E-state index contributed by atoms with van der Waals surface area (Å²) in [6, 6.07) is 23.6. The van der Waals surface area contributed by atoms with Crippen LogP contribution in [0.15, 0.2) is 78.9 Å². The fraction of sp³-hybridized carbons (Fsp3) is 0.415. The van der Waals surface area contributed by atoms with Gasteiger partial charge in [-0.15, -0.1) is 0 Å². The van der Waals surface area contributed by atoms with Crippen molar-refractivity contribution < 1.29 is 32.3 Å². The van der Waals surface area contributed by atoms with Crippen LogP contribution in [-0.2, 0) is 42.0 Å². The van der Waals surface area contributed by atoms with Crippen LogP contribution >= 0.6 is 0 Å². The maximum absolute atomic E-state index is 13.9. The lowest BCUT2D eigenvalue weighted by atomic mass is 9.92. The first-order valence-electron chi connectivity index (χ1n) is 18.7. The quantitative estimate of drug-likeness (QED) is 0.120. The van der Waals surface area contributed by atoms with Gasteiger partial charge in [-0.05, 0) is 56.0 Å². The predicted molar refractivity (Wildman–Crippen MR) is 209 cm³/mol. The van der Waals surface area contributed by atoms with Gasteiger partial charge in [-0.3, -0.25) is 14.4 Å². The van der Waals surface area contributed by atoms with Gasteiger partial charge in [-0.2, -0.15) is 4.31 Å². The number of hydrogen-bond acceptors (Lipinski definition) is 8. The average molecular weight is 771 g/mol. The number of sulfonamides is 1. The van der Waals surface area contributed by atoms with E-state index in [9.17, 15) is 27.6 Å². The summed E-state index contributed by atoms with van der Waals surface area (Å²) in [6.45, 7) is 1.03.